The summed E-state index contributed by atoms with van der Waals surface area (Å²) in [5.41, 5.74) is 8.75. The van der Waals surface area contributed by atoms with E-state index in [2.05, 4.69) is 24.1 Å². The first-order valence-corrected chi connectivity index (χ1v) is 7.24. The maximum absolute atomic E-state index is 9.04. The number of rotatable bonds is 5. The molecule has 4 nitrogen and oxygen atoms in total. The number of thiazole rings is 1. The van der Waals surface area contributed by atoms with E-state index in [1.54, 1.807) is 11.3 Å². The summed E-state index contributed by atoms with van der Waals surface area (Å²) in [6, 6.07) is 3.98. The Kier molecular flexibility index (Phi) is 3.96. The number of aromatic nitrogens is 1. The minimum absolute atomic E-state index is 0.0359. The second-order valence-corrected chi connectivity index (χ2v) is 6.87. The minimum atomic E-state index is 0.0359. The fourth-order valence-electron chi connectivity index (χ4n) is 1.98. The van der Waals surface area contributed by atoms with Crippen molar-refractivity contribution in [1.82, 2.24) is 4.98 Å². The number of nitrogen functional groups attached to an aromatic ring is 1. The van der Waals surface area contributed by atoms with Gasteiger partial charge in [0.1, 0.15) is 0 Å². The number of nitrogens with zero attached hydrogens (tertiary/aromatic N) is 1. The third-order valence-electron chi connectivity index (χ3n) is 3.21. The van der Waals surface area contributed by atoms with Gasteiger partial charge in [-0.3, -0.25) is 0 Å². The lowest BCUT2D eigenvalue weighted by Crippen LogP contribution is -2.24. The SMILES string of the molecule is Cc1nc2cc(NCC(C)(C)CCO)c(N)cc2s1. The first-order valence-electron chi connectivity index (χ1n) is 6.43. The number of aryl methyl sites for hydroxylation is 1. The predicted octanol–water partition coefficient (Wildman–Crippen LogP) is 3.01. The highest BCUT2D eigenvalue weighted by atomic mass is 32.1. The first-order chi connectivity index (χ1) is 8.91. The molecule has 0 spiro atoms. The van der Waals surface area contributed by atoms with Gasteiger partial charge in [0.15, 0.2) is 0 Å². The second kappa shape index (κ2) is 5.35. The average Bonchev–Trinajstić information content (AvgIpc) is 2.65. The summed E-state index contributed by atoms with van der Waals surface area (Å²) in [6.45, 7) is 7.22. The standard InChI is InChI=1S/C14H21N3OS/c1-9-17-12-7-11(10(15)6-13(12)19-9)16-8-14(2,3)4-5-18/h6-7,16,18H,4-5,8,15H2,1-3H3. The molecule has 0 atom stereocenters. The van der Waals surface area contributed by atoms with Crippen molar-refractivity contribution < 1.29 is 5.11 Å². The van der Waals surface area contributed by atoms with Crippen LogP contribution in [0.25, 0.3) is 10.2 Å². The summed E-state index contributed by atoms with van der Waals surface area (Å²) in [5, 5.41) is 13.5. The van der Waals surface area contributed by atoms with Crippen molar-refractivity contribution in [3.05, 3.63) is 17.1 Å². The summed E-state index contributed by atoms with van der Waals surface area (Å²) < 4.78 is 1.12. The molecule has 2 rings (SSSR count). The Morgan fingerprint density at radius 3 is 2.84 bits per heavy atom. The Morgan fingerprint density at radius 1 is 1.42 bits per heavy atom. The van der Waals surface area contributed by atoms with Crippen LogP contribution in [-0.4, -0.2) is 23.2 Å². The van der Waals surface area contributed by atoms with E-state index in [1.807, 2.05) is 19.1 Å². The summed E-state index contributed by atoms with van der Waals surface area (Å²) in [6.07, 6.45) is 0.762. The third kappa shape index (κ3) is 3.36. The van der Waals surface area contributed by atoms with Crippen LogP contribution in [0.1, 0.15) is 25.3 Å². The Hall–Kier alpha value is -1.33. The van der Waals surface area contributed by atoms with Crippen LogP contribution < -0.4 is 11.1 Å². The molecule has 0 aliphatic rings. The lowest BCUT2D eigenvalue weighted by Gasteiger charge is -2.25. The van der Waals surface area contributed by atoms with E-state index in [9.17, 15) is 0 Å². The highest BCUT2D eigenvalue weighted by Gasteiger charge is 2.17. The molecule has 0 aliphatic heterocycles. The van der Waals surface area contributed by atoms with Crippen molar-refractivity contribution in [2.24, 2.45) is 5.41 Å². The third-order valence-corrected chi connectivity index (χ3v) is 4.15. The number of anilines is 2. The van der Waals surface area contributed by atoms with Crippen LogP contribution in [-0.2, 0) is 0 Å². The van der Waals surface area contributed by atoms with Crippen LogP contribution in [0.2, 0.25) is 0 Å². The Labute approximate surface area is 117 Å². The van der Waals surface area contributed by atoms with Crippen LogP contribution in [0.5, 0.6) is 0 Å². The van der Waals surface area contributed by atoms with E-state index in [0.717, 1.165) is 39.6 Å². The Bertz CT molecular complexity index is 577. The lowest BCUT2D eigenvalue weighted by atomic mass is 9.89. The van der Waals surface area contributed by atoms with Crippen molar-refractivity contribution in [3.63, 3.8) is 0 Å². The van der Waals surface area contributed by atoms with Gasteiger partial charge in [0.2, 0.25) is 0 Å². The minimum Gasteiger partial charge on any atom is -0.397 e. The zero-order chi connectivity index (χ0) is 14.0. The molecule has 0 saturated carbocycles. The number of hydrogen-bond acceptors (Lipinski definition) is 5. The molecule has 1 aromatic carbocycles. The molecule has 5 heteroatoms. The molecule has 0 aliphatic carbocycles. The normalized spacial score (nSPS) is 12.0. The van der Waals surface area contributed by atoms with Crippen molar-refractivity contribution in [2.45, 2.75) is 27.2 Å². The summed E-state index contributed by atoms with van der Waals surface area (Å²) in [4.78, 5) is 4.48. The molecule has 19 heavy (non-hydrogen) atoms. The summed E-state index contributed by atoms with van der Waals surface area (Å²) in [7, 11) is 0. The number of aliphatic hydroxyl groups excluding tert-OH is 1. The van der Waals surface area contributed by atoms with Gasteiger partial charge in [-0.25, -0.2) is 4.98 Å². The van der Waals surface area contributed by atoms with Gasteiger partial charge >= 0.3 is 0 Å². The zero-order valence-corrected chi connectivity index (χ0v) is 12.5. The molecule has 4 N–H and O–H groups in total. The fourth-order valence-corrected chi connectivity index (χ4v) is 2.84. The number of hydrogen-bond donors (Lipinski definition) is 3. The van der Waals surface area contributed by atoms with Crippen LogP contribution in [0.15, 0.2) is 12.1 Å². The smallest absolute Gasteiger partial charge is 0.0907 e. The second-order valence-electron chi connectivity index (χ2n) is 5.63. The molecule has 104 valence electrons. The number of benzene rings is 1. The molecule has 1 heterocycles. The molecular weight excluding hydrogens is 258 g/mol. The number of nitrogens with one attached hydrogen (secondary N) is 1. The van der Waals surface area contributed by atoms with Gasteiger partial charge in [-0.05, 0) is 30.9 Å². The average molecular weight is 279 g/mol. The van der Waals surface area contributed by atoms with E-state index in [4.69, 9.17) is 10.8 Å². The van der Waals surface area contributed by atoms with E-state index in [0.29, 0.717) is 0 Å². The largest absolute Gasteiger partial charge is 0.397 e. The van der Waals surface area contributed by atoms with Crippen LogP contribution >= 0.6 is 11.3 Å². The van der Waals surface area contributed by atoms with Crippen molar-refractivity contribution in [2.75, 3.05) is 24.2 Å². The van der Waals surface area contributed by atoms with Gasteiger partial charge in [0, 0.05) is 13.2 Å². The van der Waals surface area contributed by atoms with Crippen LogP contribution in [0, 0.1) is 12.3 Å². The monoisotopic (exact) mass is 279 g/mol. The van der Waals surface area contributed by atoms with Gasteiger partial charge < -0.3 is 16.2 Å². The molecule has 2 aromatic rings. The highest BCUT2D eigenvalue weighted by molar-refractivity contribution is 7.18. The number of nitrogens with two attached hydrogens (primary N) is 1. The molecule has 0 fully saturated rings. The zero-order valence-electron chi connectivity index (χ0n) is 11.7. The van der Waals surface area contributed by atoms with Gasteiger partial charge in [0.25, 0.3) is 0 Å². The van der Waals surface area contributed by atoms with Crippen LogP contribution in [0.4, 0.5) is 11.4 Å². The lowest BCUT2D eigenvalue weighted by molar-refractivity contribution is 0.220. The molecule has 0 amide bonds. The van der Waals surface area contributed by atoms with Crippen molar-refractivity contribution in [3.8, 4) is 0 Å². The van der Waals surface area contributed by atoms with Gasteiger partial charge in [-0.1, -0.05) is 13.8 Å². The summed E-state index contributed by atoms with van der Waals surface area (Å²) in [5.74, 6) is 0. The fraction of sp³-hybridized carbons (Fsp3) is 0.500. The van der Waals surface area contributed by atoms with Gasteiger partial charge in [0.05, 0.1) is 26.6 Å². The van der Waals surface area contributed by atoms with Crippen molar-refractivity contribution in [1.29, 1.82) is 0 Å². The molecule has 0 saturated heterocycles. The number of fused-ring (bicyclic) bond motifs is 1. The summed E-state index contributed by atoms with van der Waals surface area (Å²) >= 11 is 1.65. The molecule has 0 radical (unpaired) electrons. The topological polar surface area (TPSA) is 71.2 Å². The van der Waals surface area contributed by atoms with Crippen molar-refractivity contribution >= 4 is 32.9 Å². The molecule has 1 aromatic heterocycles. The Morgan fingerprint density at radius 2 is 2.16 bits per heavy atom. The Balaban J connectivity index is 2.18. The number of aliphatic hydroxyl groups is 1. The van der Waals surface area contributed by atoms with Gasteiger partial charge in [-0.15, -0.1) is 11.3 Å². The maximum atomic E-state index is 9.04. The molecular formula is C14H21N3OS. The van der Waals surface area contributed by atoms with Gasteiger partial charge in [-0.2, -0.15) is 0 Å². The first kappa shape index (κ1) is 14.1. The molecule has 0 bridgehead atoms. The van der Waals surface area contributed by atoms with Crippen LogP contribution in [0.3, 0.4) is 0 Å². The van der Waals surface area contributed by atoms with E-state index in [-0.39, 0.29) is 12.0 Å². The molecule has 0 unspecified atom stereocenters. The maximum Gasteiger partial charge on any atom is 0.0907 e. The van der Waals surface area contributed by atoms with E-state index < -0.39 is 0 Å². The van der Waals surface area contributed by atoms with E-state index in [1.165, 1.54) is 0 Å². The highest BCUT2D eigenvalue weighted by Crippen LogP contribution is 2.30. The quantitative estimate of drug-likeness (QED) is 0.736. The predicted molar refractivity (Wildman–Crippen MR) is 82.7 cm³/mol. The van der Waals surface area contributed by atoms with E-state index >= 15 is 0 Å².